The Hall–Kier alpha value is -2.67. The van der Waals surface area contributed by atoms with Gasteiger partial charge in [-0.05, 0) is 62.3 Å². The van der Waals surface area contributed by atoms with Crippen LogP contribution in [0.15, 0.2) is 30.5 Å². The van der Waals surface area contributed by atoms with Crippen LogP contribution >= 0.6 is 0 Å². The second-order valence-electron chi connectivity index (χ2n) is 8.61. The van der Waals surface area contributed by atoms with E-state index in [4.69, 9.17) is 5.11 Å². The lowest BCUT2D eigenvalue weighted by atomic mass is 9.78. The van der Waals surface area contributed by atoms with Gasteiger partial charge in [-0.1, -0.05) is 23.8 Å². The SMILES string of the molecule is Cc1ccc(C)c(CN2CCC3(CCN(C(=O)n4ccc(C(=O)O)n4)CC3)C2)c1. The molecule has 0 saturated carbocycles. The van der Waals surface area contributed by atoms with Crippen molar-refractivity contribution in [3.05, 3.63) is 52.8 Å². The summed E-state index contributed by atoms with van der Waals surface area (Å²) in [5.74, 6) is -1.12. The maximum Gasteiger partial charge on any atom is 0.356 e. The summed E-state index contributed by atoms with van der Waals surface area (Å²) in [7, 11) is 0. The first kappa shape index (κ1) is 19.6. The van der Waals surface area contributed by atoms with Gasteiger partial charge in [-0.25, -0.2) is 9.59 Å². The highest BCUT2D eigenvalue weighted by molar-refractivity contribution is 5.86. The number of aromatic carboxylic acids is 1. The summed E-state index contributed by atoms with van der Waals surface area (Å²) >= 11 is 0. The average Bonchev–Trinajstić information content (AvgIpc) is 3.33. The third kappa shape index (κ3) is 4.05. The summed E-state index contributed by atoms with van der Waals surface area (Å²) in [5.41, 5.74) is 4.23. The van der Waals surface area contributed by atoms with Crippen molar-refractivity contribution in [2.24, 2.45) is 5.41 Å². The number of hydrogen-bond acceptors (Lipinski definition) is 4. The van der Waals surface area contributed by atoms with E-state index >= 15 is 0 Å². The molecule has 2 saturated heterocycles. The van der Waals surface area contributed by atoms with Crippen molar-refractivity contribution in [1.82, 2.24) is 19.6 Å². The molecule has 0 unspecified atom stereocenters. The molecule has 0 atom stereocenters. The lowest BCUT2D eigenvalue weighted by Crippen LogP contribution is -2.45. The third-order valence-electron chi connectivity index (χ3n) is 6.51. The molecule has 29 heavy (non-hydrogen) atoms. The van der Waals surface area contributed by atoms with Crippen LogP contribution in [0.2, 0.25) is 0 Å². The highest BCUT2D eigenvalue weighted by Crippen LogP contribution is 2.41. The molecule has 1 N–H and O–H groups in total. The minimum atomic E-state index is -1.12. The topological polar surface area (TPSA) is 78.7 Å². The fraction of sp³-hybridized carbons (Fsp3) is 0.500. The van der Waals surface area contributed by atoms with Crippen molar-refractivity contribution in [3.63, 3.8) is 0 Å². The molecule has 1 aromatic heterocycles. The molecule has 4 rings (SSSR count). The van der Waals surface area contributed by atoms with Crippen LogP contribution < -0.4 is 0 Å². The van der Waals surface area contributed by atoms with Crippen LogP contribution in [0.1, 0.15) is 46.4 Å². The number of rotatable bonds is 3. The number of piperidine rings is 1. The van der Waals surface area contributed by atoms with Gasteiger partial charge < -0.3 is 10.0 Å². The number of amides is 1. The summed E-state index contributed by atoms with van der Waals surface area (Å²) in [6, 6.07) is 7.77. The molecule has 2 aliphatic rings. The quantitative estimate of drug-likeness (QED) is 0.862. The van der Waals surface area contributed by atoms with Crippen LogP contribution in [0.4, 0.5) is 4.79 Å². The fourth-order valence-corrected chi connectivity index (χ4v) is 4.64. The molecule has 7 nitrogen and oxygen atoms in total. The van der Waals surface area contributed by atoms with Crippen LogP contribution in [0.25, 0.3) is 0 Å². The van der Waals surface area contributed by atoms with E-state index in [9.17, 15) is 9.59 Å². The molecule has 154 valence electrons. The van der Waals surface area contributed by atoms with Gasteiger partial charge in [0.25, 0.3) is 0 Å². The van der Waals surface area contributed by atoms with E-state index in [0.29, 0.717) is 13.1 Å². The molecule has 2 aliphatic heterocycles. The van der Waals surface area contributed by atoms with Crippen molar-refractivity contribution in [2.75, 3.05) is 26.2 Å². The molecular formula is C22H28N4O3. The van der Waals surface area contributed by atoms with Crippen molar-refractivity contribution in [1.29, 1.82) is 0 Å². The average molecular weight is 396 g/mol. The van der Waals surface area contributed by atoms with Crippen molar-refractivity contribution in [3.8, 4) is 0 Å². The van der Waals surface area contributed by atoms with Crippen molar-refractivity contribution >= 4 is 12.0 Å². The van der Waals surface area contributed by atoms with Crippen LogP contribution in [0.5, 0.6) is 0 Å². The van der Waals surface area contributed by atoms with E-state index in [1.165, 1.54) is 35.4 Å². The third-order valence-corrected chi connectivity index (χ3v) is 6.51. The summed E-state index contributed by atoms with van der Waals surface area (Å²) in [6.07, 6.45) is 4.56. The van der Waals surface area contributed by atoms with Crippen LogP contribution in [-0.2, 0) is 6.54 Å². The number of aryl methyl sites for hydroxylation is 2. The Bertz CT molecular complexity index is 928. The summed E-state index contributed by atoms with van der Waals surface area (Å²) in [5, 5.41) is 12.9. The summed E-state index contributed by atoms with van der Waals surface area (Å²) < 4.78 is 1.14. The van der Waals surface area contributed by atoms with E-state index < -0.39 is 5.97 Å². The summed E-state index contributed by atoms with van der Waals surface area (Å²) in [6.45, 7) is 8.87. The number of likely N-dealkylation sites (tertiary alicyclic amines) is 2. The molecule has 1 aromatic carbocycles. The van der Waals surface area contributed by atoms with Gasteiger partial charge in [0.1, 0.15) is 0 Å². The number of nitrogens with zero attached hydrogens (tertiary/aromatic N) is 4. The number of carbonyl (C=O) groups is 2. The molecule has 0 bridgehead atoms. The predicted molar refractivity (Wildman–Crippen MR) is 109 cm³/mol. The zero-order chi connectivity index (χ0) is 20.6. The zero-order valence-electron chi connectivity index (χ0n) is 17.1. The Morgan fingerprint density at radius 2 is 1.83 bits per heavy atom. The van der Waals surface area contributed by atoms with E-state index in [1.807, 2.05) is 0 Å². The Labute approximate surface area is 170 Å². The lowest BCUT2D eigenvalue weighted by Gasteiger charge is -2.39. The van der Waals surface area contributed by atoms with E-state index in [1.54, 1.807) is 4.90 Å². The van der Waals surface area contributed by atoms with Gasteiger partial charge in [-0.2, -0.15) is 9.78 Å². The predicted octanol–water partition coefficient (Wildman–Crippen LogP) is 3.15. The van der Waals surface area contributed by atoms with Crippen LogP contribution in [0.3, 0.4) is 0 Å². The van der Waals surface area contributed by atoms with Gasteiger partial charge in [0.15, 0.2) is 5.69 Å². The Kier molecular flexibility index (Phi) is 5.17. The molecule has 0 radical (unpaired) electrons. The first-order valence-corrected chi connectivity index (χ1v) is 10.2. The highest BCUT2D eigenvalue weighted by Gasteiger charge is 2.41. The molecule has 1 amide bonds. The second kappa shape index (κ2) is 7.63. The van der Waals surface area contributed by atoms with Crippen LogP contribution in [0, 0.1) is 19.3 Å². The number of carbonyl (C=O) groups excluding carboxylic acids is 1. The molecule has 2 fully saturated rings. The standard InChI is InChI=1S/C22H28N4O3/c1-16-3-4-17(2)18(13-16)14-24-10-6-22(15-24)7-11-25(12-8-22)21(29)26-9-5-19(23-26)20(27)28/h3-5,9,13H,6-8,10-12,14-15H2,1-2H3,(H,27,28). The fourth-order valence-electron chi connectivity index (χ4n) is 4.64. The first-order valence-electron chi connectivity index (χ1n) is 10.2. The van der Waals surface area contributed by atoms with Gasteiger partial charge in [-0.3, -0.25) is 4.90 Å². The number of hydrogen-bond donors (Lipinski definition) is 1. The molecule has 0 aliphatic carbocycles. The van der Waals surface area contributed by atoms with E-state index in [-0.39, 0.29) is 17.1 Å². The van der Waals surface area contributed by atoms with Crippen molar-refractivity contribution < 1.29 is 14.7 Å². The molecule has 7 heteroatoms. The van der Waals surface area contributed by atoms with Crippen LogP contribution in [-0.4, -0.2) is 62.9 Å². The Balaban J connectivity index is 1.35. The van der Waals surface area contributed by atoms with Gasteiger partial charge in [-0.15, -0.1) is 0 Å². The lowest BCUT2D eigenvalue weighted by molar-refractivity contribution is 0.0689. The Morgan fingerprint density at radius 1 is 1.10 bits per heavy atom. The van der Waals surface area contributed by atoms with Gasteiger partial charge in [0.05, 0.1) is 0 Å². The van der Waals surface area contributed by atoms with Gasteiger partial charge in [0.2, 0.25) is 0 Å². The number of carboxylic acids is 1. The van der Waals surface area contributed by atoms with E-state index in [0.717, 1.165) is 37.2 Å². The highest BCUT2D eigenvalue weighted by atomic mass is 16.4. The zero-order valence-corrected chi connectivity index (χ0v) is 17.1. The summed E-state index contributed by atoms with van der Waals surface area (Å²) in [4.78, 5) is 28.0. The van der Waals surface area contributed by atoms with Crippen molar-refractivity contribution in [2.45, 2.75) is 39.7 Å². The molecule has 2 aromatic rings. The van der Waals surface area contributed by atoms with Gasteiger partial charge in [0, 0.05) is 32.4 Å². The number of carboxylic acid groups (broad SMARTS) is 1. The smallest absolute Gasteiger partial charge is 0.356 e. The minimum absolute atomic E-state index is 0.107. The maximum atomic E-state index is 12.6. The Morgan fingerprint density at radius 3 is 2.52 bits per heavy atom. The normalized spacial score (nSPS) is 19.0. The number of benzene rings is 1. The van der Waals surface area contributed by atoms with Gasteiger partial charge >= 0.3 is 12.0 Å². The second-order valence-corrected chi connectivity index (χ2v) is 8.61. The molecular weight excluding hydrogens is 368 g/mol. The minimum Gasteiger partial charge on any atom is -0.476 e. The maximum absolute atomic E-state index is 12.6. The molecule has 1 spiro atoms. The largest absolute Gasteiger partial charge is 0.476 e. The molecule has 3 heterocycles. The monoisotopic (exact) mass is 396 g/mol. The number of aromatic nitrogens is 2. The van der Waals surface area contributed by atoms with E-state index in [2.05, 4.69) is 42.0 Å². The first-order chi connectivity index (χ1) is 13.8.